The number of phenolic OH excluding ortho intramolecular Hbond substituents is 1. The third kappa shape index (κ3) is 10.0. The fraction of sp³-hybridized carbons (Fsp3) is 0.341. The van der Waals surface area contributed by atoms with E-state index in [1.807, 2.05) is 31.2 Å². The molecule has 2 saturated heterocycles. The fourth-order valence-electron chi connectivity index (χ4n) is 8.05. The Morgan fingerprint density at radius 3 is 2.39 bits per heavy atom. The molecule has 3 aromatic carbocycles. The number of para-hydroxylation sites is 1. The number of aromatic nitrogens is 1. The Hall–Kier alpha value is -7.21. The van der Waals surface area contributed by atoms with E-state index in [-0.39, 0.29) is 50.3 Å². The van der Waals surface area contributed by atoms with Gasteiger partial charge in [-0.15, -0.1) is 0 Å². The summed E-state index contributed by atoms with van der Waals surface area (Å²) in [7, 11) is 0. The summed E-state index contributed by atoms with van der Waals surface area (Å²) in [5.74, 6) is -4.27. The molecule has 3 aliphatic rings. The molecule has 4 heterocycles. The first-order valence-corrected chi connectivity index (χ1v) is 20.3. The van der Waals surface area contributed by atoms with E-state index in [0.717, 1.165) is 27.6 Å². The lowest BCUT2D eigenvalue weighted by Crippen LogP contribution is -2.59. The number of fused-ring (bicyclic) bond motifs is 2. The molecule has 7 amide bonds. The largest absolute Gasteiger partial charge is 0.508 e. The van der Waals surface area contributed by atoms with Crippen molar-refractivity contribution >= 4 is 63.5 Å². The molecular formula is C44H48N8O10. The van der Waals surface area contributed by atoms with E-state index in [0.29, 0.717) is 23.4 Å². The number of phenols is 1. The molecule has 6 atom stereocenters. The number of likely N-dealkylation sites (tertiary alicyclic amines) is 1. The average molecular weight is 849 g/mol. The molecule has 0 aliphatic carbocycles. The third-order valence-electron chi connectivity index (χ3n) is 11.2. The Labute approximate surface area is 355 Å². The van der Waals surface area contributed by atoms with Gasteiger partial charge in [-0.05, 0) is 79.3 Å². The summed E-state index contributed by atoms with van der Waals surface area (Å²) in [6.45, 7) is 1.93. The number of nitrogens with two attached hydrogens (primary N) is 1. The Kier molecular flexibility index (Phi) is 12.9. The van der Waals surface area contributed by atoms with Crippen LogP contribution in [0, 0.1) is 0 Å². The van der Waals surface area contributed by atoms with Gasteiger partial charge in [-0.2, -0.15) is 0 Å². The van der Waals surface area contributed by atoms with Crippen LogP contribution in [0.1, 0.15) is 55.7 Å². The van der Waals surface area contributed by atoms with Gasteiger partial charge in [0.1, 0.15) is 41.7 Å². The summed E-state index contributed by atoms with van der Waals surface area (Å²) in [6, 6.07) is 12.6. The van der Waals surface area contributed by atoms with E-state index in [1.54, 1.807) is 42.6 Å². The second-order valence-electron chi connectivity index (χ2n) is 15.7. The summed E-state index contributed by atoms with van der Waals surface area (Å²) in [5.41, 5.74) is 9.42. The number of primary amides is 1. The maximum atomic E-state index is 14.5. The van der Waals surface area contributed by atoms with E-state index in [1.165, 1.54) is 17.0 Å². The van der Waals surface area contributed by atoms with Crippen LogP contribution in [0.15, 0.2) is 79.0 Å². The van der Waals surface area contributed by atoms with E-state index in [9.17, 15) is 43.8 Å². The van der Waals surface area contributed by atoms with Crippen LogP contribution in [0.4, 0.5) is 5.69 Å². The number of ether oxygens (including phenoxy) is 1. The minimum absolute atomic E-state index is 0.0180. The van der Waals surface area contributed by atoms with Crippen LogP contribution in [0.3, 0.4) is 0 Å². The fourth-order valence-corrected chi connectivity index (χ4v) is 8.05. The number of aliphatic hydroxyl groups excluding tert-OH is 1. The minimum atomic E-state index is -1.42. The molecule has 0 radical (unpaired) electrons. The second kappa shape index (κ2) is 18.6. The van der Waals surface area contributed by atoms with Crippen molar-refractivity contribution in [1.29, 1.82) is 0 Å². The normalized spacial score (nSPS) is 19.5. The van der Waals surface area contributed by atoms with Crippen molar-refractivity contribution in [2.45, 2.75) is 88.4 Å². The lowest BCUT2D eigenvalue weighted by molar-refractivity contribution is -0.143. The van der Waals surface area contributed by atoms with Gasteiger partial charge in [-0.25, -0.2) is 0 Å². The Morgan fingerprint density at radius 2 is 1.65 bits per heavy atom. The molecule has 10 N–H and O–H groups in total. The SMILES string of the molecule is CC1=CC(O)Oc2cc(NC(=O)[C@@H](Cc3c[nH]c4ccccc34)NC(=O)[C@@H](Cc3ccc(O)cc3)NC(=O)[C@@H]3CCCN3C(=O)[C@H](CC(N)=O)NC(=O)[C@@H]3CCC(=O)N3)ccc21. The summed E-state index contributed by atoms with van der Waals surface area (Å²) in [4.78, 5) is 98.0. The van der Waals surface area contributed by atoms with Gasteiger partial charge < -0.3 is 57.2 Å². The van der Waals surface area contributed by atoms with E-state index in [4.69, 9.17) is 10.5 Å². The van der Waals surface area contributed by atoms with Crippen molar-refractivity contribution in [3.05, 3.63) is 95.7 Å². The van der Waals surface area contributed by atoms with Gasteiger partial charge in [-0.3, -0.25) is 33.6 Å². The number of nitrogens with zero attached hydrogens (tertiary/aromatic N) is 1. The molecule has 7 rings (SSSR count). The second-order valence-corrected chi connectivity index (χ2v) is 15.7. The van der Waals surface area contributed by atoms with Crippen molar-refractivity contribution in [3.8, 4) is 11.5 Å². The molecule has 18 nitrogen and oxygen atoms in total. The van der Waals surface area contributed by atoms with Crippen molar-refractivity contribution in [2.24, 2.45) is 5.73 Å². The standard InChI is InChI=1S/C44H48N8O10/c1-23-17-39(56)62-36-20-26(10-13-28(23)36)47-41(58)33(19-25-22-46-30-6-3-2-5-29(25)30)49-42(59)32(18-24-8-11-27(53)12-9-24)50-43(60)35-7-4-16-52(35)44(61)34(21-37(45)54)51-40(57)31-14-15-38(55)48-31/h2-3,5-6,8-13,17,20,22,31-35,39,46,53,56H,4,7,14-16,18-19,21H2,1H3,(H2,45,54)(H,47,58)(H,48,55)(H,49,59)(H,50,60)(H,51,57)/t31-,32+,33+,34-,35-,39?/m0/s1. The molecule has 18 heteroatoms. The molecule has 0 saturated carbocycles. The van der Waals surface area contributed by atoms with Crippen LogP contribution >= 0.6 is 0 Å². The first-order valence-electron chi connectivity index (χ1n) is 20.3. The molecule has 1 unspecified atom stereocenters. The highest BCUT2D eigenvalue weighted by atomic mass is 16.6. The predicted molar refractivity (Wildman–Crippen MR) is 225 cm³/mol. The highest BCUT2D eigenvalue weighted by Gasteiger charge is 2.41. The first kappa shape index (κ1) is 42.9. The number of anilines is 1. The molecule has 1 aromatic heterocycles. The number of carbonyl (C=O) groups excluding carboxylic acids is 7. The third-order valence-corrected chi connectivity index (χ3v) is 11.2. The molecular weight excluding hydrogens is 801 g/mol. The number of rotatable bonds is 15. The zero-order valence-electron chi connectivity index (χ0n) is 33.8. The monoisotopic (exact) mass is 848 g/mol. The molecule has 4 aromatic rings. The van der Waals surface area contributed by atoms with Gasteiger partial charge >= 0.3 is 0 Å². The van der Waals surface area contributed by atoms with Gasteiger partial charge in [0.25, 0.3) is 0 Å². The number of aliphatic hydroxyl groups is 1. The summed E-state index contributed by atoms with van der Waals surface area (Å²) >= 11 is 0. The number of hydrogen-bond acceptors (Lipinski definition) is 10. The van der Waals surface area contributed by atoms with E-state index < -0.39 is 78.4 Å². The quantitative estimate of drug-likeness (QED) is 0.0819. The molecule has 3 aliphatic heterocycles. The van der Waals surface area contributed by atoms with Crippen LogP contribution in [-0.2, 0) is 46.4 Å². The zero-order chi connectivity index (χ0) is 44.1. The zero-order valence-corrected chi connectivity index (χ0v) is 33.8. The highest BCUT2D eigenvalue weighted by molar-refractivity contribution is 6.01. The summed E-state index contributed by atoms with van der Waals surface area (Å²) in [6.07, 6.45) is 2.47. The Balaban J connectivity index is 1.13. The molecule has 0 bridgehead atoms. The topological polar surface area (TPSA) is 274 Å². The van der Waals surface area contributed by atoms with Crippen LogP contribution < -0.4 is 37.1 Å². The Morgan fingerprint density at radius 1 is 0.903 bits per heavy atom. The maximum absolute atomic E-state index is 14.5. The minimum Gasteiger partial charge on any atom is -0.508 e. The van der Waals surface area contributed by atoms with Crippen LogP contribution in [0.25, 0.3) is 16.5 Å². The van der Waals surface area contributed by atoms with Gasteiger partial charge in [0.2, 0.25) is 47.6 Å². The Bertz CT molecular complexity index is 2430. The maximum Gasteiger partial charge on any atom is 0.247 e. The molecule has 62 heavy (non-hydrogen) atoms. The number of allylic oxidation sites excluding steroid dienone is 1. The van der Waals surface area contributed by atoms with E-state index in [2.05, 4.69) is 31.6 Å². The van der Waals surface area contributed by atoms with Crippen molar-refractivity contribution in [2.75, 3.05) is 11.9 Å². The van der Waals surface area contributed by atoms with Crippen molar-refractivity contribution in [1.82, 2.24) is 31.2 Å². The van der Waals surface area contributed by atoms with Crippen LogP contribution in [0.5, 0.6) is 11.5 Å². The van der Waals surface area contributed by atoms with Gasteiger partial charge in [0.15, 0.2) is 0 Å². The van der Waals surface area contributed by atoms with Crippen LogP contribution in [-0.4, -0.2) is 104 Å². The number of carbonyl (C=O) groups is 7. The van der Waals surface area contributed by atoms with Crippen LogP contribution in [0.2, 0.25) is 0 Å². The number of H-pyrrole nitrogens is 1. The summed E-state index contributed by atoms with van der Waals surface area (Å²) in [5, 5.41) is 34.5. The average Bonchev–Trinajstić information content (AvgIpc) is 4.01. The number of aromatic amines is 1. The van der Waals surface area contributed by atoms with E-state index >= 15 is 0 Å². The lowest BCUT2D eigenvalue weighted by atomic mass is 10.0. The molecule has 324 valence electrons. The van der Waals surface area contributed by atoms with Crippen molar-refractivity contribution < 1.29 is 48.5 Å². The van der Waals surface area contributed by atoms with Gasteiger partial charge in [-0.1, -0.05) is 30.3 Å². The number of aromatic hydroxyl groups is 1. The summed E-state index contributed by atoms with van der Waals surface area (Å²) < 4.78 is 5.57. The lowest BCUT2D eigenvalue weighted by Gasteiger charge is -2.30. The number of amides is 7. The predicted octanol–water partition coefficient (Wildman–Crippen LogP) is 1.01. The molecule has 2 fully saturated rings. The smallest absolute Gasteiger partial charge is 0.247 e. The molecule has 0 spiro atoms. The number of nitrogens with one attached hydrogen (secondary N) is 6. The number of benzene rings is 3. The highest BCUT2D eigenvalue weighted by Crippen LogP contribution is 2.34. The van der Waals surface area contributed by atoms with Gasteiger partial charge in [0, 0.05) is 60.2 Å². The number of hydrogen-bond donors (Lipinski definition) is 9. The van der Waals surface area contributed by atoms with Crippen molar-refractivity contribution in [3.63, 3.8) is 0 Å². The van der Waals surface area contributed by atoms with Gasteiger partial charge in [0.05, 0.1) is 6.42 Å². The first-order chi connectivity index (χ1) is 29.7.